The maximum atomic E-state index is 9.34. The molecular weight excluding hydrogens is 266 g/mol. The third-order valence-corrected chi connectivity index (χ3v) is 3.66. The molecule has 0 bridgehead atoms. The first kappa shape index (κ1) is 16.2. The number of hydrogen-bond acceptors (Lipinski definition) is 5. The molecule has 1 aliphatic rings. The average Bonchev–Trinajstić information content (AvgIpc) is 2.45. The molecule has 5 nitrogen and oxygen atoms in total. The molecule has 0 aromatic carbocycles. The van der Waals surface area contributed by atoms with Crippen molar-refractivity contribution in [2.75, 3.05) is 24.7 Å². The molecule has 0 radical (unpaired) electrons. The predicted octanol–water partition coefficient (Wildman–Crippen LogP) is 1.56. The van der Waals surface area contributed by atoms with Crippen molar-refractivity contribution in [3.63, 3.8) is 0 Å². The summed E-state index contributed by atoms with van der Waals surface area (Å²) in [5, 5.41) is 12.8. The zero-order valence-electron chi connectivity index (χ0n) is 13.5. The zero-order chi connectivity index (χ0) is 15.5. The van der Waals surface area contributed by atoms with Crippen molar-refractivity contribution in [2.45, 2.75) is 51.9 Å². The maximum absolute atomic E-state index is 9.34. The van der Waals surface area contributed by atoms with E-state index in [0.29, 0.717) is 13.2 Å². The molecule has 2 atom stereocenters. The highest BCUT2D eigenvalue weighted by Crippen LogP contribution is 2.23. The van der Waals surface area contributed by atoms with Crippen LogP contribution < -0.4 is 10.2 Å². The zero-order valence-corrected chi connectivity index (χ0v) is 13.5. The maximum Gasteiger partial charge on any atom is 0.133 e. The van der Waals surface area contributed by atoms with E-state index in [1.807, 2.05) is 12.3 Å². The van der Waals surface area contributed by atoms with Gasteiger partial charge in [-0.2, -0.15) is 0 Å². The summed E-state index contributed by atoms with van der Waals surface area (Å²) in [6.07, 6.45) is 1.69. The molecule has 0 saturated carbocycles. The first-order valence-electron chi connectivity index (χ1n) is 7.58. The second kappa shape index (κ2) is 6.73. The summed E-state index contributed by atoms with van der Waals surface area (Å²) in [6, 6.07) is 4.34. The third-order valence-electron chi connectivity index (χ3n) is 3.66. The highest BCUT2D eigenvalue weighted by Gasteiger charge is 2.28. The van der Waals surface area contributed by atoms with Crippen molar-refractivity contribution in [3.05, 3.63) is 23.9 Å². The molecule has 0 spiro atoms. The monoisotopic (exact) mass is 293 g/mol. The summed E-state index contributed by atoms with van der Waals surface area (Å²) in [7, 11) is 0. The van der Waals surface area contributed by atoms with Gasteiger partial charge in [-0.25, -0.2) is 4.98 Å². The number of aliphatic hydroxyl groups excluding tert-OH is 1. The topological polar surface area (TPSA) is 57.6 Å². The molecule has 5 heteroatoms. The molecule has 2 unspecified atom stereocenters. The van der Waals surface area contributed by atoms with E-state index in [9.17, 15) is 5.11 Å². The van der Waals surface area contributed by atoms with Gasteiger partial charge in [0.25, 0.3) is 0 Å². The fourth-order valence-electron chi connectivity index (χ4n) is 2.41. The van der Waals surface area contributed by atoms with Gasteiger partial charge in [-0.15, -0.1) is 0 Å². The van der Waals surface area contributed by atoms with Crippen molar-refractivity contribution in [2.24, 2.45) is 0 Å². The predicted molar refractivity (Wildman–Crippen MR) is 84.5 cm³/mol. The van der Waals surface area contributed by atoms with Crippen molar-refractivity contribution in [1.82, 2.24) is 10.3 Å². The van der Waals surface area contributed by atoms with E-state index in [1.165, 1.54) is 5.56 Å². The third kappa shape index (κ3) is 4.40. The van der Waals surface area contributed by atoms with Crippen LogP contribution in [0.1, 0.15) is 33.3 Å². The quantitative estimate of drug-likeness (QED) is 0.882. The highest BCUT2D eigenvalue weighted by atomic mass is 16.5. The minimum absolute atomic E-state index is 0.0473. The average molecular weight is 293 g/mol. The van der Waals surface area contributed by atoms with E-state index in [4.69, 9.17) is 4.74 Å². The molecule has 21 heavy (non-hydrogen) atoms. The lowest BCUT2D eigenvalue weighted by Gasteiger charge is -2.39. The SMILES string of the molecule is CC1COC(CO)CN1c1ncccc1CNC(C)(C)C. The number of hydrogen-bond donors (Lipinski definition) is 2. The first-order valence-corrected chi connectivity index (χ1v) is 7.58. The second-order valence-corrected chi connectivity index (χ2v) is 6.73. The second-order valence-electron chi connectivity index (χ2n) is 6.73. The van der Waals surface area contributed by atoms with Crippen LogP contribution in [-0.2, 0) is 11.3 Å². The molecule has 2 N–H and O–H groups in total. The molecule has 2 heterocycles. The van der Waals surface area contributed by atoms with E-state index in [0.717, 1.165) is 12.4 Å². The Morgan fingerprint density at radius 2 is 2.24 bits per heavy atom. The summed E-state index contributed by atoms with van der Waals surface area (Å²) >= 11 is 0. The van der Waals surface area contributed by atoms with E-state index >= 15 is 0 Å². The van der Waals surface area contributed by atoms with Gasteiger partial charge in [0, 0.05) is 30.4 Å². The Balaban J connectivity index is 2.18. The van der Waals surface area contributed by atoms with E-state index in [-0.39, 0.29) is 24.3 Å². The summed E-state index contributed by atoms with van der Waals surface area (Å²) in [5.74, 6) is 0.989. The summed E-state index contributed by atoms with van der Waals surface area (Å²) < 4.78 is 5.61. The number of nitrogens with zero attached hydrogens (tertiary/aromatic N) is 2. The minimum atomic E-state index is -0.133. The Kier molecular flexibility index (Phi) is 5.19. The Labute approximate surface area is 127 Å². The minimum Gasteiger partial charge on any atom is -0.394 e. The fourth-order valence-corrected chi connectivity index (χ4v) is 2.41. The standard InChI is InChI=1S/C16H27N3O2/c1-12-11-21-14(10-20)9-19(12)15-13(6-5-7-17-15)8-18-16(2,3)4/h5-7,12,14,18,20H,8-11H2,1-4H3. The van der Waals surface area contributed by atoms with Crippen molar-refractivity contribution < 1.29 is 9.84 Å². The molecule has 1 saturated heterocycles. The molecule has 1 aliphatic heterocycles. The summed E-state index contributed by atoms with van der Waals surface area (Å²) in [5.41, 5.74) is 1.25. The Hall–Kier alpha value is -1.17. The Morgan fingerprint density at radius 1 is 1.48 bits per heavy atom. The van der Waals surface area contributed by atoms with Gasteiger partial charge in [-0.3, -0.25) is 0 Å². The number of rotatable bonds is 4. The molecule has 0 amide bonds. The number of anilines is 1. The van der Waals surface area contributed by atoms with Gasteiger partial charge >= 0.3 is 0 Å². The molecule has 2 rings (SSSR count). The first-order chi connectivity index (χ1) is 9.90. The van der Waals surface area contributed by atoms with Gasteiger partial charge in [0.05, 0.1) is 25.4 Å². The van der Waals surface area contributed by atoms with Crippen LogP contribution in [0.5, 0.6) is 0 Å². The largest absolute Gasteiger partial charge is 0.394 e. The van der Waals surface area contributed by atoms with Crippen LogP contribution >= 0.6 is 0 Å². The molecule has 118 valence electrons. The Morgan fingerprint density at radius 3 is 2.90 bits per heavy atom. The van der Waals surface area contributed by atoms with Gasteiger partial charge in [0.1, 0.15) is 5.82 Å². The van der Waals surface area contributed by atoms with Crippen LogP contribution in [0, 0.1) is 0 Å². The lowest BCUT2D eigenvalue weighted by molar-refractivity contribution is -0.0106. The van der Waals surface area contributed by atoms with Crippen LogP contribution in [0.25, 0.3) is 0 Å². The van der Waals surface area contributed by atoms with Gasteiger partial charge < -0.3 is 20.1 Å². The van der Waals surface area contributed by atoms with Gasteiger partial charge in [-0.05, 0) is 33.8 Å². The van der Waals surface area contributed by atoms with Crippen LogP contribution in [0.2, 0.25) is 0 Å². The van der Waals surface area contributed by atoms with Gasteiger partial charge in [0.2, 0.25) is 0 Å². The number of ether oxygens (including phenoxy) is 1. The number of aromatic nitrogens is 1. The van der Waals surface area contributed by atoms with Crippen LogP contribution in [0.4, 0.5) is 5.82 Å². The molecule has 0 aliphatic carbocycles. The fraction of sp³-hybridized carbons (Fsp3) is 0.688. The highest BCUT2D eigenvalue weighted by molar-refractivity contribution is 5.48. The number of aliphatic hydroxyl groups is 1. The van der Waals surface area contributed by atoms with Crippen molar-refractivity contribution in [1.29, 1.82) is 0 Å². The lowest BCUT2D eigenvalue weighted by atomic mass is 10.1. The molecule has 1 fully saturated rings. The van der Waals surface area contributed by atoms with Crippen molar-refractivity contribution in [3.8, 4) is 0 Å². The summed E-state index contributed by atoms with van der Waals surface area (Å²) in [4.78, 5) is 6.81. The Bertz CT molecular complexity index is 459. The van der Waals surface area contributed by atoms with Crippen molar-refractivity contribution >= 4 is 5.82 Å². The number of nitrogens with one attached hydrogen (secondary N) is 1. The molecular formula is C16H27N3O2. The summed E-state index contributed by atoms with van der Waals surface area (Å²) in [6.45, 7) is 10.7. The lowest BCUT2D eigenvalue weighted by Crippen LogP contribution is -2.50. The van der Waals surface area contributed by atoms with Crippen LogP contribution in [0.15, 0.2) is 18.3 Å². The van der Waals surface area contributed by atoms with Gasteiger partial charge in [-0.1, -0.05) is 6.07 Å². The van der Waals surface area contributed by atoms with E-state index in [2.05, 4.69) is 49.0 Å². The van der Waals surface area contributed by atoms with Gasteiger partial charge in [0.15, 0.2) is 0 Å². The number of pyridine rings is 1. The molecule has 1 aromatic rings. The smallest absolute Gasteiger partial charge is 0.133 e. The normalized spacial score (nSPS) is 23.4. The molecule has 1 aromatic heterocycles. The van der Waals surface area contributed by atoms with E-state index in [1.54, 1.807) is 0 Å². The van der Waals surface area contributed by atoms with Crippen LogP contribution in [0.3, 0.4) is 0 Å². The van der Waals surface area contributed by atoms with Crippen LogP contribution in [-0.4, -0.2) is 47.5 Å². The van der Waals surface area contributed by atoms with E-state index < -0.39 is 0 Å². The number of morpholine rings is 1.